The van der Waals surface area contributed by atoms with Crippen LogP contribution in [0.5, 0.6) is 0 Å². The molecule has 27 heavy (non-hydrogen) atoms. The van der Waals surface area contributed by atoms with Crippen LogP contribution in [-0.2, 0) is 14.3 Å². The second kappa shape index (κ2) is 17.7. The van der Waals surface area contributed by atoms with Crippen molar-refractivity contribution in [2.24, 2.45) is 5.92 Å². The first kappa shape index (κ1) is 26.6. The van der Waals surface area contributed by atoms with Crippen molar-refractivity contribution < 1.29 is 14.3 Å². The molecular weight excluding hydrogens is 382 g/mol. The van der Waals surface area contributed by atoms with Crippen LogP contribution < -0.4 is 16.0 Å². The highest BCUT2D eigenvalue weighted by Gasteiger charge is 2.17. The van der Waals surface area contributed by atoms with Crippen LogP contribution in [0.3, 0.4) is 0 Å². The minimum absolute atomic E-state index is 0.0190. The Kier molecular flexibility index (Phi) is 17.4. The molecule has 0 aromatic heterocycles. The van der Waals surface area contributed by atoms with Gasteiger partial charge in [-0.15, -0.1) is 0 Å². The quantitative estimate of drug-likeness (QED) is 0.153. The van der Waals surface area contributed by atoms with E-state index >= 15 is 0 Å². The van der Waals surface area contributed by atoms with E-state index in [1.54, 1.807) is 0 Å². The fourth-order valence-corrected chi connectivity index (χ4v) is 4.15. The zero-order valence-electron chi connectivity index (χ0n) is 17.5. The number of hydrogen-bond donors (Lipinski definition) is 3. The van der Waals surface area contributed by atoms with Crippen LogP contribution in [0, 0.1) is 17.8 Å². The van der Waals surface area contributed by atoms with Crippen molar-refractivity contribution in [3.05, 3.63) is 0 Å². The number of ether oxygens (including phenoxy) is 2. The van der Waals surface area contributed by atoms with E-state index in [9.17, 15) is 4.79 Å². The lowest BCUT2D eigenvalue weighted by Crippen LogP contribution is -2.37. The van der Waals surface area contributed by atoms with E-state index in [-0.39, 0.29) is 10.8 Å². The Bertz CT molecular complexity index is 438. The first-order valence-electron chi connectivity index (χ1n) is 9.48. The van der Waals surface area contributed by atoms with Crippen LogP contribution in [0.2, 0.25) is 0 Å². The van der Waals surface area contributed by atoms with Gasteiger partial charge in [0.1, 0.15) is 0 Å². The monoisotopic (exact) mass is 419 g/mol. The maximum Gasteiger partial charge on any atom is 0.223 e. The number of carbonyl (C=O) groups excluding carboxylic acids is 1. The van der Waals surface area contributed by atoms with Crippen LogP contribution in [-0.4, -0.2) is 69.6 Å². The molecule has 1 amide bonds. The van der Waals surface area contributed by atoms with E-state index < -0.39 is 0 Å². The predicted octanol–water partition coefficient (Wildman–Crippen LogP) is 2.11. The van der Waals surface area contributed by atoms with Crippen molar-refractivity contribution in [3.63, 3.8) is 0 Å². The summed E-state index contributed by atoms with van der Waals surface area (Å²) in [6.45, 7) is 12.7. The SMILES string of the molecule is CNCCSSC(C)(C)NCCOCCOCCC(=O)NCC#CC(C)C. The molecule has 0 aliphatic heterocycles. The van der Waals surface area contributed by atoms with Crippen molar-refractivity contribution >= 4 is 27.5 Å². The third-order valence-electron chi connectivity index (χ3n) is 3.11. The van der Waals surface area contributed by atoms with Gasteiger partial charge in [-0.3, -0.25) is 4.79 Å². The van der Waals surface area contributed by atoms with E-state index in [0.717, 1.165) is 18.8 Å². The van der Waals surface area contributed by atoms with Crippen LogP contribution in [0.4, 0.5) is 0 Å². The molecule has 0 saturated carbocycles. The molecule has 0 aromatic carbocycles. The summed E-state index contributed by atoms with van der Waals surface area (Å²) in [5.74, 6) is 7.30. The normalized spacial score (nSPS) is 11.3. The summed E-state index contributed by atoms with van der Waals surface area (Å²) < 4.78 is 11.0. The lowest BCUT2D eigenvalue weighted by Gasteiger charge is -2.25. The summed E-state index contributed by atoms with van der Waals surface area (Å²) in [6, 6.07) is 0. The molecule has 8 heteroatoms. The third-order valence-corrected chi connectivity index (χ3v) is 6.26. The largest absolute Gasteiger partial charge is 0.379 e. The molecule has 0 unspecified atom stereocenters. The van der Waals surface area contributed by atoms with Gasteiger partial charge in [-0.1, -0.05) is 47.3 Å². The lowest BCUT2D eigenvalue weighted by atomic mass is 10.2. The second-order valence-electron chi connectivity index (χ2n) is 6.67. The molecule has 0 atom stereocenters. The standard InChI is InChI=1S/C19H37N3O3S2/c1-17(2)7-6-9-21-18(23)8-12-24-14-15-25-13-10-22-19(3,4)27-26-16-11-20-5/h17,20,22H,8-16H2,1-5H3,(H,21,23). The molecule has 0 saturated heterocycles. The van der Waals surface area contributed by atoms with Gasteiger partial charge in [-0.25, -0.2) is 0 Å². The molecule has 6 nitrogen and oxygen atoms in total. The Morgan fingerprint density at radius 3 is 2.48 bits per heavy atom. The second-order valence-corrected chi connectivity index (χ2v) is 9.71. The molecule has 3 N–H and O–H groups in total. The van der Waals surface area contributed by atoms with Gasteiger partial charge in [-0.05, 0) is 20.9 Å². The first-order valence-corrected chi connectivity index (χ1v) is 11.8. The molecule has 0 spiro atoms. The predicted molar refractivity (Wildman–Crippen MR) is 118 cm³/mol. The van der Waals surface area contributed by atoms with Gasteiger partial charge in [0.25, 0.3) is 0 Å². The maximum absolute atomic E-state index is 11.6. The fraction of sp³-hybridized carbons (Fsp3) is 0.842. The summed E-state index contributed by atoms with van der Waals surface area (Å²) in [5, 5.41) is 9.37. The molecule has 0 bridgehead atoms. The minimum atomic E-state index is -0.0366. The molecule has 0 fully saturated rings. The average Bonchev–Trinajstić information content (AvgIpc) is 2.61. The fourth-order valence-electron chi connectivity index (χ4n) is 1.76. The molecular formula is C19H37N3O3S2. The molecule has 0 aliphatic carbocycles. The Hall–Kier alpha value is -0.430. The van der Waals surface area contributed by atoms with Gasteiger partial charge in [0.2, 0.25) is 5.91 Å². The average molecular weight is 420 g/mol. The zero-order chi connectivity index (χ0) is 20.4. The van der Waals surface area contributed by atoms with E-state index in [4.69, 9.17) is 9.47 Å². The number of nitrogens with one attached hydrogen (secondary N) is 3. The number of amides is 1. The summed E-state index contributed by atoms with van der Waals surface area (Å²) in [7, 11) is 5.67. The summed E-state index contributed by atoms with van der Waals surface area (Å²) in [5.41, 5.74) is 0. The van der Waals surface area contributed by atoms with Crippen LogP contribution >= 0.6 is 21.6 Å². The van der Waals surface area contributed by atoms with Crippen molar-refractivity contribution in [1.82, 2.24) is 16.0 Å². The highest BCUT2D eigenvalue weighted by molar-refractivity contribution is 8.77. The molecule has 158 valence electrons. The van der Waals surface area contributed by atoms with Gasteiger partial charge in [0.15, 0.2) is 0 Å². The molecule has 0 aromatic rings. The smallest absolute Gasteiger partial charge is 0.223 e. The Morgan fingerprint density at radius 2 is 1.81 bits per heavy atom. The first-order chi connectivity index (χ1) is 12.9. The van der Waals surface area contributed by atoms with Crippen molar-refractivity contribution in [1.29, 1.82) is 0 Å². The molecule has 0 aliphatic rings. The number of hydrogen-bond acceptors (Lipinski definition) is 7. The van der Waals surface area contributed by atoms with Gasteiger partial charge < -0.3 is 25.4 Å². The molecule has 0 radical (unpaired) electrons. The van der Waals surface area contributed by atoms with Gasteiger partial charge in [-0.2, -0.15) is 0 Å². The highest BCUT2D eigenvalue weighted by atomic mass is 33.1. The van der Waals surface area contributed by atoms with Crippen molar-refractivity contribution in [2.75, 3.05) is 58.9 Å². The Balaban J connectivity index is 3.44. The topological polar surface area (TPSA) is 71.6 Å². The Morgan fingerprint density at radius 1 is 1.11 bits per heavy atom. The zero-order valence-corrected chi connectivity index (χ0v) is 19.1. The van der Waals surface area contributed by atoms with Crippen molar-refractivity contribution in [2.45, 2.75) is 39.0 Å². The van der Waals surface area contributed by atoms with Crippen molar-refractivity contribution in [3.8, 4) is 11.8 Å². The van der Waals surface area contributed by atoms with Crippen LogP contribution in [0.15, 0.2) is 0 Å². The van der Waals surface area contributed by atoms with E-state index in [1.807, 2.05) is 42.5 Å². The van der Waals surface area contributed by atoms with E-state index in [2.05, 4.69) is 41.6 Å². The summed E-state index contributed by atoms with van der Waals surface area (Å²) in [6.07, 6.45) is 0.349. The van der Waals surface area contributed by atoms with Crippen LogP contribution in [0.1, 0.15) is 34.1 Å². The highest BCUT2D eigenvalue weighted by Crippen LogP contribution is 2.32. The van der Waals surface area contributed by atoms with Gasteiger partial charge in [0, 0.05) is 31.2 Å². The Labute approximate surface area is 173 Å². The number of carbonyl (C=O) groups is 1. The number of rotatable bonds is 16. The maximum atomic E-state index is 11.6. The summed E-state index contributed by atoms with van der Waals surface area (Å²) in [4.78, 5) is 11.6. The van der Waals surface area contributed by atoms with E-state index in [1.165, 1.54) is 0 Å². The lowest BCUT2D eigenvalue weighted by molar-refractivity contribution is -0.122. The summed E-state index contributed by atoms with van der Waals surface area (Å²) >= 11 is 0. The van der Waals surface area contributed by atoms with E-state index in [0.29, 0.717) is 45.3 Å². The van der Waals surface area contributed by atoms with Gasteiger partial charge in [0.05, 0.1) is 37.8 Å². The molecule has 0 rings (SSSR count). The third kappa shape index (κ3) is 20.1. The molecule has 0 heterocycles. The van der Waals surface area contributed by atoms with Gasteiger partial charge >= 0.3 is 0 Å². The van der Waals surface area contributed by atoms with Crippen LogP contribution in [0.25, 0.3) is 0 Å². The minimum Gasteiger partial charge on any atom is -0.379 e.